The van der Waals surface area contributed by atoms with Gasteiger partial charge in [-0.05, 0) is 77.6 Å². The van der Waals surface area contributed by atoms with Crippen molar-refractivity contribution in [2.45, 2.75) is 128 Å². The largest absolute Gasteiger partial charge is 0.511 e. The molecule has 0 aromatic heterocycles. The van der Waals surface area contributed by atoms with Crippen molar-refractivity contribution in [3.05, 3.63) is 12.3 Å². The van der Waals surface area contributed by atoms with Crippen molar-refractivity contribution >= 4 is 41.0 Å². The van der Waals surface area contributed by atoms with Gasteiger partial charge >= 0.3 is 0 Å². The monoisotopic (exact) mass is 649 g/mol. The van der Waals surface area contributed by atoms with E-state index in [9.17, 15) is 24.0 Å². The second-order valence-electron chi connectivity index (χ2n) is 13.8. The molecule has 254 valence electrons. The number of likely N-dealkylation sites (tertiary alicyclic amines) is 2. The number of aliphatic hydroxyl groups excluding tert-OH is 1. The topological polar surface area (TPSA) is 167 Å². The van der Waals surface area contributed by atoms with Crippen LogP contribution in [0.1, 0.15) is 98.3 Å². The van der Waals surface area contributed by atoms with Crippen LogP contribution in [0.2, 0.25) is 0 Å². The van der Waals surface area contributed by atoms with Crippen LogP contribution in [0.15, 0.2) is 12.3 Å². The maximum atomic E-state index is 12.6. The fraction of sp³-hybridized carbons (Fsp3) is 0.788. The number of aliphatic hydroxyl groups is 1. The Balaban J connectivity index is 0.000000187. The second kappa shape index (κ2) is 16.4. The number of amides is 3. The maximum absolute atomic E-state index is 12.6. The molecule has 0 radical (unpaired) electrons. The van der Waals surface area contributed by atoms with Crippen molar-refractivity contribution in [3.63, 3.8) is 0 Å². The second-order valence-corrected chi connectivity index (χ2v) is 15.0. The van der Waals surface area contributed by atoms with Gasteiger partial charge in [0.25, 0.3) is 0 Å². The Morgan fingerprint density at radius 1 is 0.956 bits per heavy atom. The zero-order chi connectivity index (χ0) is 33.5. The van der Waals surface area contributed by atoms with Crippen LogP contribution in [0.5, 0.6) is 0 Å². The summed E-state index contributed by atoms with van der Waals surface area (Å²) in [6.07, 6.45) is 10.5. The molecular formula is C33H55N5O6S. The molecular weight excluding hydrogens is 594 g/mol. The smallest absolute Gasteiger partial charge is 0.241 e. The Kier molecular flexibility index (Phi) is 13.5. The van der Waals surface area contributed by atoms with Gasteiger partial charge in [0.15, 0.2) is 11.6 Å². The molecule has 1 saturated carbocycles. The molecule has 0 bridgehead atoms. The van der Waals surface area contributed by atoms with E-state index >= 15 is 0 Å². The number of hydrogen-bond donors (Lipinski definition) is 3. The number of carbonyl (C=O) groups excluding carboxylic acids is 5. The highest BCUT2D eigenvalue weighted by molar-refractivity contribution is 8.00. The van der Waals surface area contributed by atoms with Gasteiger partial charge in [0.2, 0.25) is 17.7 Å². The standard InChI is InChI=1S/C15H25NO2.C9H14N2O2S.C9H16N2O2/c1-11(2)10-13(12(3)17)16-9-8-15(14(16)18)6-4-5-7-15;1-5(12)7-4-14-8-3-2-6(10)9(13)11(7)8;1-7(12)6-11-5-3-2-4-8(10)9(11)13/h11,13H,4-10H2,1-3H3;6-8H,2-4,10H2,1H3;8,12H,1-6,10H2/t13-;6-,7-,8?;/m01./s1. The summed E-state index contributed by atoms with van der Waals surface area (Å²) >= 11 is 1.70. The van der Waals surface area contributed by atoms with Crippen LogP contribution in [-0.4, -0.2) is 104 Å². The minimum absolute atomic E-state index is 0.0162. The summed E-state index contributed by atoms with van der Waals surface area (Å²) in [5.74, 6) is 1.56. The predicted octanol–water partition coefficient (Wildman–Crippen LogP) is 3.15. The van der Waals surface area contributed by atoms with E-state index in [1.165, 1.54) is 12.8 Å². The zero-order valence-electron chi connectivity index (χ0n) is 27.7. The third-order valence-electron chi connectivity index (χ3n) is 9.70. The van der Waals surface area contributed by atoms with Crippen molar-refractivity contribution in [1.82, 2.24) is 14.7 Å². The SMILES string of the molecule is C=C(O)CN1CCCCC(N)C1=O.CC(=O)[C@H](CC(C)C)N1CCC2(CCCC2)C1=O.CC(=O)[C@H]1CSC2CC[C@@H](N)C(=O)N21. The number of ketones is 2. The van der Waals surface area contributed by atoms with E-state index in [0.29, 0.717) is 12.5 Å². The molecule has 45 heavy (non-hydrogen) atoms. The fourth-order valence-electron chi connectivity index (χ4n) is 7.16. The van der Waals surface area contributed by atoms with Gasteiger partial charge in [0, 0.05) is 18.8 Å². The van der Waals surface area contributed by atoms with Crippen LogP contribution in [0, 0.1) is 11.3 Å². The Hall–Kier alpha value is -2.44. The first-order valence-electron chi connectivity index (χ1n) is 16.6. The van der Waals surface area contributed by atoms with Crippen molar-refractivity contribution in [2.24, 2.45) is 22.8 Å². The number of carbonyl (C=O) groups is 5. The number of fused-ring (bicyclic) bond motifs is 1. The van der Waals surface area contributed by atoms with Gasteiger partial charge in [0.1, 0.15) is 11.8 Å². The lowest BCUT2D eigenvalue weighted by atomic mass is 9.84. The Bertz CT molecular complexity index is 1110. The molecule has 4 saturated heterocycles. The van der Waals surface area contributed by atoms with Gasteiger partial charge in [-0.1, -0.05) is 33.3 Å². The zero-order valence-corrected chi connectivity index (χ0v) is 28.5. The van der Waals surface area contributed by atoms with Crippen molar-refractivity contribution < 1.29 is 29.1 Å². The van der Waals surface area contributed by atoms with Crippen LogP contribution in [0.4, 0.5) is 0 Å². The lowest BCUT2D eigenvalue weighted by Gasteiger charge is -2.35. The molecule has 5 N–H and O–H groups in total. The Morgan fingerprint density at radius 3 is 2.18 bits per heavy atom. The van der Waals surface area contributed by atoms with Crippen molar-refractivity contribution in [2.75, 3.05) is 25.4 Å². The molecule has 2 unspecified atom stereocenters. The normalized spacial score (nSPS) is 28.2. The van der Waals surface area contributed by atoms with Gasteiger partial charge in [-0.25, -0.2) is 0 Å². The van der Waals surface area contributed by atoms with Crippen LogP contribution < -0.4 is 11.5 Å². The molecule has 1 aliphatic carbocycles. The van der Waals surface area contributed by atoms with E-state index in [4.69, 9.17) is 16.6 Å². The van der Waals surface area contributed by atoms with Gasteiger partial charge in [0.05, 0.1) is 35.5 Å². The highest BCUT2D eigenvalue weighted by Crippen LogP contribution is 2.47. The lowest BCUT2D eigenvalue weighted by Crippen LogP contribution is -2.55. The molecule has 12 heteroatoms. The maximum Gasteiger partial charge on any atom is 0.241 e. The summed E-state index contributed by atoms with van der Waals surface area (Å²) in [5.41, 5.74) is 11.2. The molecule has 1 spiro atoms. The van der Waals surface area contributed by atoms with Gasteiger partial charge < -0.3 is 31.3 Å². The number of nitrogens with zero attached hydrogens (tertiary/aromatic N) is 3. The van der Waals surface area contributed by atoms with E-state index in [-0.39, 0.29) is 64.5 Å². The first kappa shape index (κ1) is 37.0. The molecule has 5 rings (SSSR count). The summed E-state index contributed by atoms with van der Waals surface area (Å²) in [4.78, 5) is 64.2. The summed E-state index contributed by atoms with van der Waals surface area (Å²) in [5, 5.41) is 9.16. The molecule has 11 nitrogen and oxygen atoms in total. The molecule has 0 aromatic carbocycles. The van der Waals surface area contributed by atoms with E-state index in [1.54, 1.807) is 35.4 Å². The fourth-order valence-corrected chi connectivity index (χ4v) is 8.68. The number of Topliss-reactive ketones (excluding diaryl/α,β-unsaturated/α-hetero) is 2. The van der Waals surface area contributed by atoms with E-state index in [2.05, 4.69) is 20.4 Å². The highest BCUT2D eigenvalue weighted by atomic mass is 32.2. The van der Waals surface area contributed by atoms with Crippen LogP contribution in [0.25, 0.3) is 0 Å². The van der Waals surface area contributed by atoms with Crippen LogP contribution in [0.3, 0.4) is 0 Å². The molecule has 5 atom stereocenters. The highest BCUT2D eigenvalue weighted by Gasteiger charge is 2.50. The molecule has 3 amide bonds. The Morgan fingerprint density at radius 2 is 1.60 bits per heavy atom. The molecule has 5 aliphatic rings. The molecule has 4 heterocycles. The van der Waals surface area contributed by atoms with E-state index < -0.39 is 12.1 Å². The first-order chi connectivity index (χ1) is 21.2. The molecule has 4 aliphatic heterocycles. The van der Waals surface area contributed by atoms with Crippen molar-refractivity contribution in [3.8, 4) is 0 Å². The summed E-state index contributed by atoms with van der Waals surface area (Å²) < 4.78 is 0. The average Bonchev–Trinajstić information content (AvgIpc) is 3.69. The third kappa shape index (κ3) is 9.32. The number of thioether (sulfide) groups is 1. The van der Waals surface area contributed by atoms with Gasteiger partial charge in [-0.3, -0.25) is 24.0 Å². The predicted molar refractivity (Wildman–Crippen MR) is 176 cm³/mol. The molecule has 5 fully saturated rings. The minimum Gasteiger partial charge on any atom is -0.511 e. The number of nitrogens with two attached hydrogens (primary N) is 2. The third-order valence-corrected chi connectivity index (χ3v) is 11.1. The quantitative estimate of drug-likeness (QED) is 0.351. The number of rotatable bonds is 7. The van der Waals surface area contributed by atoms with Crippen LogP contribution in [-0.2, 0) is 24.0 Å². The van der Waals surface area contributed by atoms with Gasteiger partial charge in [-0.2, -0.15) is 0 Å². The summed E-state index contributed by atoms with van der Waals surface area (Å²) in [7, 11) is 0. The molecule has 0 aromatic rings. The average molecular weight is 650 g/mol. The summed E-state index contributed by atoms with van der Waals surface area (Å²) in [6.45, 7) is 12.4. The first-order valence-corrected chi connectivity index (χ1v) is 17.7. The van der Waals surface area contributed by atoms with E-state index in [1.807, 2.05) is 4.90 Å². The van der Waals surface area contributed by atoms with Gasteiger partial charge in [-0.15, -0.1) is 11.8 Å². The van der Waals surface area contributed by atoms with Crippen LogP contribution >= 0.6 is 11.8 Å². The number of hydrogen-bond acceptors (Lipinski definition) is 9. The van der Waals surface area contributed by atoms with Crippen molar-refractivity contribution in [1.29, 1.82) is 0 Å². The van der Waals surface area contributed by atoms with E-state index in [0.717, 1.165) is 70.1 Å². The Labute approximate surface area is 272 Å². The lowest BCUT2D eigenvalue weighted by molar-refractivity contribution is -0.142. The minimum atomic E-state index is -0.401. The number of piperidine rings is 1. The summed E-state index contributed by atoms with van der Waals surface area (Å²) in [6, 6.07) is -1.21.